The second-order valence-electron chi connectivity index (χ2n) is 3.61. The fourth-order valence-electron chi connectivity index (χ4n) is 1.57. The smallest absolute Gasteiger partial charge is 0.241 e. The van der Waals surface area contributed by atoms with Gasteiger partial charge in [0.25, 0.3) is 0 Å². The molecule has 0 bridgehead atoms. The fraction of sp³-hybridized carbons (Fsp3) is 0.273. The van der Waals surface area contributed by atoms with E-state index in [1.807, 2.05) is 25.1 Å². The van der Waals surface area contributed by atoms with Crippen molar-refractivity contribution in [2.75, 3.05) is 17.8 Å². The Bertz CT molecular complexity index is 535. The van der Waals surface area contributed by atoms with E-state index in [2.05, 4.69) is 9.97 Å². The Kier molecular flexibility index (Phi) is 2.83. The SMILES string of the molecule is Cc1nc2ccc(N(C)C(=O)CCl)cc2[nH]1. The van der Waals surface area contributed by atoms with E-state index >= 15 is 0 Å². The Morgan fingerprint density at radius 2 is 2.31 bits per heavy atom. The van der Waals surface area contributed by atoms with E-state index in [-0.39, 0.29) is 11.8 Å². The molecule has 0 saturated heterocycles. The predicted molar refractivity (Wildman–Crippen MR) is 65.0 cm³/mol. The number of carbonyl (C=O) groups is 1. The van der Waals surface area contributed by atoms with Crippen molar-refractivity contribution in [2.45, 2.75) is 6.92 Å². The van der Waals surface area contributed by atoms with E-state index in [9.17, 15) is 4.79 Å². The first kappa shape index (κ1) is 11.0. The molecule has 1 aromatic heterocycles. The quantitative estimate of drug-likeness (QED) is 0.813. The van der Waals surface area contributed by atoms with Crippen molar-refractivity contribution in [1.29, 1.82) is 0 Å². The molecule has 0 aliphatic carbocycles. The normalized spacial score (nSPS) is 10.7. The molecule has 0 aliphatic rings. The summed E-state index contributed by atoms with van der Waals surface area (Å²) in [5.41, 5.74) is 2.62. The van der Waals surface area contributed by atoms with Gasteiger partial charge in [0.2, 0.25) is 5.91 Å². The number of aromatic amines is 1. The average Bonchev–Trinajstić information content (AvgIpc) is 2.65. The highest BCUT2D eigenvalue weighted by Gasteiger charge is 2.10. The van der Waals surface area contributed by atoms with Gasteiger partial charge in [0, 0.05) is 12.7 Å². The van der Waals surface area contributed by atoms with Crippen molar-refractivity contribution in [1.82, 2.24) is 9.97 Å². The number of nitrogens with zero attached hydrogens (tertiary/aromatic N) is 2. The zero-order valence-corrected chi connectivity index (χ0v) is 9.88. The number of amides is 1. The van der Waals surface area contributed by atoms with Crippen LogP contribution >= 0.6 is 11.6 Å². The molecule has 1 N–H and O–H groups in total. The highest BCUT2D eigenvalue weighted by molar-refractivity contribution is 6.29. The highest BCUT2D eigenvalue weighted by atomic mass is 35.5. The monoisotopic (exact) mass is 237 g/mol. The molecule has 2 rings (SSSR count). The molecule has 84 valence electrons. The maximum Gasteiger partial charge on any atom is 0.241 e. The molecule has 5 heteroatoms. The second-order valence-corrected chi connectivity index (χ2v) is 3.88. The summed E-state index contributed by atoms with van der Waals surface area (Å²) < 4.78 is 0. The van der Waals surface area contributed by atoms with Crippen LogP contribution in [-0.4, -0.2) is 28.8 Å². The molecular formula is C11H12ClN3O. The van der Waals surface area contributed by atoms with Crippen molar-refractivity contribution < 1.29 is 4.79 Å². The number of benzene rings is 1. The molecule has 2 aromatic rings. The zero-order chi connectivity index (χ0) is 11.7. The van der Waals surface area contributed by atoms with Crippen molar-refractivity contribution in [3.63, 3.8) is 0 Å². The van der Waals surface area contributed by atoms with Crippen LogP contribution in [0.4, 0.5) is 5.69 Å². The maximum absolute atomic E-state index is 11.4. The highest BCUT2D eigenvalue weighted by Crippen LogP contribution is 2.19. The average molecular weight is 238 g/mol. The van der Waals surface area contributed by atoms with Gasteiger partial charge in [-0.3, -0.25) is 4.79 Å². The summed E-state index contributed by atoms with van der Waals surface area (Å²) in [5, 5.41) is 0. The molecule has 0 aliphatic heterocycles. The number of aromatic nitrogens is 2. The summed E-state index contributed by atoms with van der Waals surface area (Å²) >= 11 is 5.51. The number of alkyl halides is 1. The Balaban J connectivity index is 2.42. The van der Waals surface area contributed by atoms with Gasteiger partial charge in [-0.1, -0.05) is 0 Å². The topological polar surface area (TPSA) is 49.0 Å². The summed E-state index contributed by atoms with van der Waals surface area (Å²) in [7, 11) is 1.70. The number of carbonyl (C=O) groups excluding carboxylic acids is 1. The molecule has 0 unspecified atom stereocenters. The van der Waals surface area contributed by atoms with E-state index in [4.69, 9.17) is 11.6 Å². The number of hydrogen-bond donors (Lipinski definition) is 1. The largest absolute Gasteiger partial charge is 0.342 e. The number of aryl methyl sites for hydroxylation is 1. The summed E-state index contributed by atoms with van der Waals surface area (Å²) in [6, 6.07) is 5.62. The number of H-pyrrole nitrogens is 1. The van der Waals surface area contributed by atoms with Crippen LogP contribution in [0.3, 0.4) is 0 Å². The Labute approximate surface area is 98.2 Å². The van der Waals surface area contributed by atoms with Crippen LogP contribution in [0.25, 0.3) is 11.0 Å². The number of halogens is 1. The molecular weight excluding hydrogens is 226 g/mol. The molecule has 1 aromatic carbocycles. The van der Waals surface area contributed by atoms with Gasteiger partial charge in [-0.25, -0.2) is 4.98 Å². The lowest BCUT2D eigenvalue weighted by Gasteiger charge is -2.15. The Hall–Kier alpha value is -1.55. The van der Waals surface area contributed by atoms with Gasteiger partial charge in [0.05, 0.1) is 11.0 Å². The van der Waals surface area contributed by atoms with E-state index in [0.29, 0.717) is 0 Å². The zero-order valence-electron chi connectivity index (χ0n) is 9.12. The number of rotatable bonds is 2. The molecule has 1 amide bonds. The molecule has 1 heterocycles. The van der Waals surface area contributed by atoms with Crippen molar-refractivity contribution in [3.8, 4) is 0 Å². The third-order valence-electron chi connectivity index (χ3n) is 2.46. The molecule has 0 atom stereocenters. The van der Waals surface area contributed by atoms with Crippen molar-refractivity contribution in [2.24, 2.45) is 0 Å². The van der Waals surface area contributed by atoms with Gasteiger partial charge >= 0.3 is 0 Å². The van der Waals surface area contributed by atoms with Crippen molar-refractivity contribution >= 4 is 34.2 Å². The van der Waals surface area contributed by atoms with E-state index in [1.54, 1.807) is 7.05 Å². The summed E-state index contributed by atoms with van der Waals surface area (Å²) in [4.78, 5) is 20.4. The molecule has 0 saturated carbocycles. The Morgan fingerprint density at radius 3 is 3.00 bits per heavy atom. The predicted octanol–water partition coefficient (Wildman–Crippen LogP) is 2.07. The first-order valence-electron chi connectivity index (χ1n) is 4.90. The third-order valence-corrected chi connectivity index (χ3v) is 2.69. The first-order chi connectivity index (χ1) is 7.61. The van der Waals surface area contributed by atoms with Gasteiger partial charge in [0.1, 0.15) is 11.7 Å². The number of nitrogens with one attached hydrogen (secondary N) is 1. The van der Waals surface area contributed by atoms with E-state index in [1.165, 1.54) is 4.90 Å². The van der Waals surface area contributed by atoms with Crippen molar-refractivity contribution in [3.05, 3.63) is 24.0 Å². The molecule has 0 fully saturated rings. The minimum Gasteiger partial charge on any atom is -0.342 e. The van der Waals surface area contributed by atoms with Gasteiger partial charge in [-0.05, 0) is 25.1 Å². The Morgan fingerprint density at radius 1 is 1.56 bits per heavy atom. The lowest BCUT2D eigenvalue weighted by molar-refractivity contribution is -0.116. The van der Waals surface area contributed by atoms with Crippen LogP contribution in [0, 0.1) is 6.92 Å². The number of imidazole rings is 1. The molecule has 0 spiro atoms. The van der Waals surface area contributed by atoms with Gasteiger partial charge in [-0.2, -0.15) is 0 Å². The number of anilines is 1. The van der Waals surface area contributed by atoms with Crippen LogP contribution < -0.4 is 4.90 Å². The number of hydrogen-bond acceptors (Lipinski definition) is 2. The van der Waals surface area contributed by atoms with Crippen LogP contribution in [0.15, 0.2) is 18.2 Å². The van der Waals surface area contributed by atoms with E-state index in [0.717, 1.165) is 22.5 Å². The van der Waals surface area contributed by atoms with Crippen LogP contribution in [0.2, 0.25) is 0 Å². The summed E-state index contributed by atoms with van der Waals surface area (Å²) in [6.45, 7) is 1.90. The fourth-order valence-corrected chi connectivity index (χ4v) is 1.75. The lowest BCUT2D eigenvalue weighted by atomic mass is 10.2. The minimum absolute atomic E-state index is 0.0173. The van der Waals surface area contributed by atoms with Crippen LogP contribution in [0.5, 0.6) is 0 Å². The van der Waals surface area contributed by atoms with Gasteiger partial charge < -0.3 is 9.88 Å². The second kappa shape index (κ2) is 4.14. The first-order valence-corrected chi connectivity index (χ1v) is 5.44. The molecule has 16 heavy (non-hydrogen) atoms. The van der Waals surface area contributed by atoms with Gasteiger partial charge in [0.15, 0.2) is 0 Å². The number of fused-ring (bicyclic) bond motifs is 1. The summed E-state index contributed by atoms with van der Waals surface area (Å²) in [6.07, 6.45) is 0. The standard InChI is InChI=1S/C11H12ClN3O/c1-7-13-9-4-3-8(5-10(9)14-7)15(2)11(16)6-12/h3-5H,6H2,1-2H3,(H,13,14). The third kappa shape index (κ3) is 1.88. The van der Waals surface area contributed by atoms with Crippen LogP contribution in [-0.2, 0) is 4.79 Å². The molecule has 4 nitrogen and oxygen atoms in total. The molecule has 0 radical (unpaired) electrons. The maximum atomic E-state index is 11.4. The summed E-state index contributed by atoms with van der Waals surface area (Å²) in [5.74, 6) is 0.715. The van der Waals surface area contributed by atoms with E-state index < -0.39 is 0 Å². The lowest BCUT2D eigenvalue weighted by Crippen LogP contribution is -2.27. The van der Waals surface area contributed by atoms with Gasteiger partial charge in [-0.15, -0.1) is 11.6 Å². The minimum atomic E-state index is -0.128. The van der Waals surface area contributed by atoms with Crippen LogP contribution in [0.1, 0.15) is 5.82 Å².